The summed E-state index contributed by atoms with van der Waals surface area (Å²) in [5, 5.41) is 0. The van der Waals surface area contributed by atoms with Gasteiger partial charge in [-0.1, -0.05) is 12.1 Å². The summed E-state index contributed by atoms with van der Waals surface area (Å²) in [6, 6.07) is 7.92. The van der Waals surface area contributed by atoms with Crippen LogP contribution in [0.1, 0.15) is 0 Å². The Morgan fingerprint density at radius 2 is 1.81 bits per heavy atom. The van der Waals surface area contributed by atoms with Crippen LogP contribution in [0.15, 0.2) is 34.6 Å². The van der Waals surface area contributed by atoms with Crippen molar-refractivity contribution in [1.29, 1.82) is 0 Å². The molecule has 3 N–H and O–H groups in total. The summed E-state index contributed by atoms with van der Waals surface area (Å²) in [5.41, 5.74) is 3.32. The van der Waals surface area contributed by atoms with Gasteiger partial charge in [0.25, 0.3) is 0 Å². The first-order chi connectivity index (χ1) is 7.75. The normalized spacial score (nSPS) is 9.75. The molecule has 82 valence electrons. The van der Waals surface area contributed by atoms with Gasteiger partial charge in [-0.05, 0) is 35.9 Å². The van der Waals surface area contributed by atoms with E-state index in [1.54, 1.807) is 0 Å². The van der Waals surface area contributed by atoms with E-state index < -0.39 is 0 Å². The third kappa shape index (κ3) is 2.65. The molecular formula is C9H8N4OS2. The molecule has 0 amide bonds. The molecule has 0 saturated heterocycles. The highest BCUT2D eigenvalue weighted by Crippen LogP contribution is 2.06. The van der Waals surface area contributed by atoms with Gasteiger partial charge in [0.15, 0.2) is 4.77 Å². The summed E-state index contributed by atoms with van der Waals surface area (Å²) in [7, 11) is 0. The number of aromatic amines is 3. The summed E-state index contributed by atoms with van der Waals surface area (Å²) < 4.78 is 3.06. The standard InChI is InChI=1S/C7H6N2S.C2H2N2OS/c10-7-8-5-3-1-2-4-6(5)9-7;5-2-3-1-6-4-2/h1-4H,(H2,8,9,10);1H,(H,4,5). The second kappa shape index (κ2) is 4.86. The molecule has 0 unspecified atom stereocenters. The van der Waals surface area contributed by atoms with E-state index in [0.717, 1.165) is 11.0 Å². The number of nitrogens with one attached hydrogen (secondary N) is 3. The molecule has 0 radical (unpaired) electrons. The molecular weight excluding hydrogens is 244 g/mol. The number of hydrogen-bond acceptors (Lipinski definition) is 4. The molecule has 0 aliphatic rings. The molecule has 0 spiro atoms. The molecule has 5 nitrogen and oxygen atoms in total. The first kappa shape index (κ1) is 10.8. The van der Waals surface area contributed by atoms with Gasteiger partial charge < -0.3 is 9.97 Å². The lowest BCUT2D eigenvalue weighted by Gasteiger charge is -1.82. The third-order valence-corrected chi connectivity index (χ3v) is 2.50. The average molecular weight is 252 g/mol. The minimum Gasteiger partial charge on any atom is -0.331 e. The molecule has 16 heavy (non-hydrogen) atoms. The maximum atomic E-state index is 9.91. The number of hydrogen-bond donors (Lipinski definition) is 3. The van der Waals surface area contributed by atoms with Crippen LogP contribution in [0, 0.1) is 4.77 Å². The van der Waals surface area contributed by atoms with Crippen LogP contribution in [0.2, 0.25) is 0 Å². The SMILES string of the molecule is O=c1ncs[nH]1.S=c1[nH]c2ccccc2[nH]1. The van der Waals surface area contributed by atoms with E-state index in [1.807, 2.05) is 24.3 Å². The number of H-pyrrole nitrogens is 3. The Labute approximate surface area is 99.3 Å². The fraction of sp³-hybridized carbons (Fsp3) is 0. The zero-order valence-electron chi connectivity index (χ0n) is 8.06. The van der Waals surface area contributed by atoms with Crippen molar-refractivity contribution in [1.82, 2.24) is 19.3 Å². The van der Waals surface area contributed by atoms with Gasteiger partial charge in [-0.15, -0.1) is 0 Å². The van der Waals surface area contributed by atoms with Gasteiger partial charge in [0.1, 0.15) is 5.51 Å². The number of fused-ring (bicyclic) bond motifs is 1. The monoisotopic (exact) mass is 252 g/mol. The minimum atomic E-state index is -0.264. The summed E-state index contributed by atoms with van der Waals surface area (Å²) in [4.78, 5) is 19.3. The largest absolute Gasteiger partial charge is 0.355 e. The zero-order valence-corrected chi connectivity index (χ0v) is 9.69. The summed E-state index contributed by atoms with van der Waals surface area (Å²) in [6.45, 7) is 0. The first-order valence-electron chi connectivity index (χ1n) is 4.41. The molecule has 2 aromatic heterocycles. The van der Waals surface area contributed by atoms with Crippen LogP contribution in [0.25, 0.3) is 11.0 Å². The highest BCUT2D eigenvalue weighted by atomic mass is 32.1. The highest BCUT2D eigenvalue weighted by molar-refractivity contribution is 7.71. The summed E-state index contributed by atoms with van der Waals surface area (Å²) >= 11 is 6.09. The smallest absolute Gasteiger partial charge is 0.331 e. The van der Waals surface area contributed by atoms with Crippen molar-refractivity contribution in [2.45, 2.75) is 0 Å². The van der Waals surface area contributed by atoms with Gasteiger partial charge in [0.05, 0.1) is 11.0 Å². The molecule has 0 bridgehead atoms. The molecule has 0 aliphatic heterocycles. The number of aromatic nitrogens is 4. The first-order valence-corrected chi connectivity index (χ1v) is 5.70. The lowest BCUT2D eigenvalue weighted by Crippen LogP contribution is -1.98. The van der Waals surface area contributed by atoms with E-state index in [1.165, 1.54) is 17.0 Å². The van der Waals surface area contributed by atoms with Crippen molar-refractivity contribution >= 4 is 34.8 Å². The predicted molar refractivity (Wildman–Crippen MR) is 66.2 cm³/mol. The van der Waals surface area contributed by atoms with Gasteiger partial charge >= 0.3 is 5.69 Å². The Hall–Kier alpha value is -1.73. The second-order valence-corrected chi connectivity index (χ2v) is 3.94. The molecule has 7 heteroatoms. The number of benzene rings is 1. The number of para-hydroxylation sites is 2. The fourth-order valence-electron chi connectivity index (χ4n) is 1.15. The fourth-order valence-corrected chi connectivity index (χ4v) is 1.73. The van der Waals surface area contributed by atoms with Crippen molar-refractivity contribution in [2.75, 3.05) is 0 Å². The summed E-state index contributed by atoms with van der Waals surface area (Å²) in [6.07, 6.45) is 0. The number of imidazole rings is 1. The van der Waals surface area contributed by atoms with Crippen LogP contribution in [0.5, 0.6) is 0 Å². The van der Waals surface area contributed by atoms with Crippen LogP contribution < -0.4 is 5.69 Å². The van der Waals surface area contributed by atoms with Crippen LogP contribution in [-0.4, -0.2) is 19.3 Å². The van der Waals surface area contributed by atoms with Crippen molar-refractivity contribution in [3.8, 4) is 0 Å². The lowest BCUT2D eigenvalue weighted by molar-refractivity contribution is 1.21. The van der Waals surface area contributed by atoms with Gasteiger partial charge in [0.2, 0.25) is 0 Å². The van der Waals surface area contributed by atoms with Crippen LogP contribution in [0.4, 0.5) is 0 Å². The quantitative estimate of drug-likeness (QED) is 0.536. The van der Waals surface area contributed by atoms with E-state index in [-0.39, 0.29) is 5.69 Å². The van der Waals surface area contributed by atoms with Crippen molar-refractivity contribution in [3.63, 3.8) is 0 Å². The molecule has 0 saturated carbocycles. The van der Waals surface area contributed by atoms with Crippen LogP contribution >= 0.6 is 23.8 Å². The zero-order chi connectivity index (χ0) is 11.4. The van der Waals surface area contributed by atoms with Crippen molar-refractivity contribution in [2.24, 2.45) is 0 Å². The van der Waals surface area contributed by atoms with Gasteiger partial charge in [-0.2, -0.15) is 4.98 Å². The Morgan fingerprint density at radius 3 is 2.19 bits per heavy atom. The summed E-state index contributed by atoms with van der Waals surface area (Å²) in [5.74, 6) is 0. The van der Waals surface area contributed by atoms with E-state index in [0.29, 0.717) is 4.77 Å². The van der Waals surface area contributed by atoms with Crippen molar-refractivity contribution in [3.05, 3.63) is 45.0 Å². The Kier molecular flexibility index (Phi) is 3.28. The maximum Gasteiger partial charge on any atom is 0.355 e. The van der Waals surface area contributed by atoms with Crippen LogP contribution in [-0.2, 0) is 0 Å². The van der Waals surface area contributed by atoms with Gasteiger partial charge in [-0.25, -0.2) is 4.79 Å². The van der Waals surface area contributed by atoms with E-state index >= 15 is 0 Å². The van der Waals surface area contributed by atoms with E-state index in [4.69, 9.17) is 12.2 Å². The Bertz CT molecular complexity index is 625. The second-order valence-electron chi connectivity index (χ2n) is 2.88. The molecule has 2 heterocycles. The number of nitrogens with zero attached hydrogens (tertiary/aromatic N) is 1. The topological polar surface area (TPSA) is 77.3 Å². The van der Waals surface area contributed by atoms with E-state index in [2.05, 4.69) is 19.3 Å². The van der Waals surface area contributed by atoms with Crippen LogP contribution in [0.3, 0.4) is 0 Å². The Morgan fingerprint density at radius 1 is 1.19 bits per heavy atom. The predicted octanol–water partition coefficient (Wildman–Crippen LogP) is 2.06. The molecule has 0 atom stereocenters. The molecule has 3 rings (SSSR count). The Balaban J connectivity index is 0.000000138. The molecule has 0 fully saturated rings. The minimum absolute atomic E-state index is 0.264. The maximum absolute atomic E-state index is 9.91. The van der Waals surface area contributed by atoms with E-state index in [9.17, 15) is 4.79 Å². The highest BCUT2D eigenvalue weighted by Gasteiger charge is 1.90. The average Bonchev–Trinajstić information content (AvgIpc) is 2.86. The van der Waals surface area contributed by atoms with Gasteiger partial charge in [-0.3, -0.25) is 4.37 Å². The third-order valence-electron chi connectivity index (χ3n) is 1.79. The van der Waals surface area contributed by atoms with Gasteiger partial charge in [0, 0.05) is 0 Å². The molecule has 1 aromatic carbocycles. The lowest BCUT2D eigenvalue weighted by atomic mass is 10.3. The number of rotatable bonds is 0. The van der Waals surface area contributed by atoms with Crippen molar-refractivity contribution < 1.29 is 0 Å². The molecule has 3 aromatic rings. The molecule has 0 aliphatic carbocycles.